The first kappa shape index (κ1) is 17.5. The summed E-state index contributed by atoms with van der Waals surface area (Å²) in [5, 5.41) is 2.97. The molecule has 4 nitrogen and oxygen atoms in total. The Morgan fingerprint density at radius 2 is 1.84 bits per heavy atom. The van der Waals surface area contributed by atoms with Gasteiger partial charge in [-0.2, -0.15) is 13.2 Å². The largest absolute Gasteiger partial charge is 0.416 e. The van der Waals surface area contributed by atoms with Crippen LogP contribution in [0.1, 0.15) is 31.2 Å². The van der Waals surface area contributed by atoms with E-state index in [0.717, 1.165) is 43.9 Å². The molecule has 1 aliphatic heterocycles. The minimum absolute atomic E-state index is 0.353. The maximum absolute atomic E-state index is 12.8. The van der Waals surface area contributed by atoms with Crippen LogP contribution in [-0.4, -0.2) is 23.1 Å². The van der Waals surface area contributed by atoms with Crippen LogP contribution in [0.3, 0.4) is 0 Å². The smallest absolute Gasteiger partial charge is 0.356 e. The molecule has 3 rings (SSSR count). The van der Waals surface area contributed by atoms with E-state index in [1.165, 1.54) is 6.07 Å². The molecule has 25 heavy (non-hydrogen) atoms. The van der Waals surface area contributed by atoms with Crippen molar-refractivity contribution in [3.05, 3.63) is 41.7 Å². The summed E-state index contributed by atoms with van der Waals surface area (Å²) in [6.45, 7) is 5.89. The Morgan fingerprint density at radius 1 is 1.12 bits per heavy atom. The monoisotopic (exact) mass is 350 g/mol. The molecular weight excluding hydrogens is 329 g/mol. The van der Waals surface area contributed by atoms with Gasteiger partial charge >= 0.3 is 6.18 Å². The predicted octanol–water partition coefficient (Wildman–Crippen LogP) is 4.78. The lowest BCUT2D eigenvalue weighted by Gasteiger charge is -2.31. The summed E-state index contributed by atoms with van der Waals surface area (Å²) in [6, 6.07) is 6.90. The number of hydrogen-bond donors (Lipinski definition) is 1. The van der Waals surface area contributed by atoms with Crippen LogP contribution in [0.25, 0.3) is 0 Å². The normalized spacial score (nSPS) is 16.1. The summed E-state index contributed by atoms with van der Waals surface area (Å²) in [7, 11) is 0. The molecule has 0 saturated carbocycles. The van der Waals surface area contributed by atoms with E-state index in [1.807, 2.05) is 0 Å². The summed E-state index contributed by atoms with van der Waals surface area (Å²) < 4.78 is 38.5. The molecule has 1 aromatic heterocycles. The molecule has 0 bridgehead atoms. The SMILES string of the molecule is Cc1nc(Nc2cccc(C(F)(F)F)c2)cc(N2CCC(C)CC2)n1. The van der Waals surface area contributed by atoms with Crippen molar-refractivity contribution in [3.8, 4) is 0 Å². The van der Waals surface area contributed by atoms with Gasteiger partial charge < -0.3 is 10.2 Å². The highest BCUT2D eigenvalue weighted by atomic mass is 19.4. The lowest BCUT2D eigenvalue weighted by Crippen LogP contribution is -2.33. The zero-order valence-electron chi connectivity index (χ0n) is 14.3. The Hall–Kier alpha value is -2.31. The van der Waals surface area contributed by atoms with E-state index in [9.17, 15) is 13.2 Å². The molecule has 0 radical (unpaired) electrons. The molecule has 2 heterocycles. The summed E-state index contributed by atoms with van der Waals surface area (Å²) in [5.74, 6) is 2.61. The number of benzene rings is 1. The van der Waals surface area contributed by atoms with Crippen LogP contribution in [0.15, 0.2) is 30.3 Å². The fourth-order valence-electron chi connectivity index (χ4n) is 2.94. The quantitative estimate of drug-likeness (QED) is 0.865. The number of alkyl halides is 3. The molecule has 7 heteroatoms. The van der Waals surface area contributed by atoms with Crippen molar-refractivity contribution >= 4 is 17.3 Å². The van der Waals surface area contributed by atoms with Gasteiger partial charge in [-0.15, -0.1) is 0 Å². The molecule has 1 aromatic carbocycles. The van der Waals surface area contributed by atoms with Gasteiger partial charge in [0.25, 0.3) is 0 Å². The van der Waals surface area contributed by atoms with E-state index < -0.39 is 11.7 Å². The molecule has 2 aromatic rings. The van der Waals surface area contributed by atoms with Gasteiger partial charge in [-0.25, -0.2) is 9.97 Å². The predicted molar refractivity (Wildman–Crippen MR) is 92.1 cm³/mol. The third-order valence-electron chi connectivity index (χ3n) is 4.39. The van der Waals surface area contributed by atoms with Crippen LogP contribution in [0.2, 0.25) is 0 Å². The second-order valence-electron chi connectivity index (χ2n) is 6.53. The van der Waals surface area contributed by atoms with Crippen LogP contribution >= 0.6 is 0 Å². The van der Waals surface area contributed by atoms with Crippen molar-refractivity contribution in [3.63, 3.8) is 0 Å². The van der Waals surface area contributed by atoms with Gasteiger partial charge in [-0.05, 0) is 43.9 Å². The van der Waals surface area contributed by atoms with Gasteiger partial charge in [-0.1, -0.05) is 13.0 Å². The standard InChI is InChI=1S/C18H21F3N4/c1-12-6-8-25(9-7-12)17-11-16(22-13(2)23-17)24-15-5-3-4-14(10-15)18(19,20)21/h3-5,10-12H,6-9H2,1-2H3,(H,22,23,24). The van der Waals surface area contributed by atoms with Crippen LogP contribution in [0.4, 0.5) is 30.5 Å². The minimum atomic E-state index is -4.37. The van der Waals surface area contributed by atoms with E-state index >= 15 is 0 Å². The second kappa shape index (κ2) is 6.90. The lowest BCUT2D eigenvalue weighted by atomic mass is 9.99. The fraction of sp³-hybridized carbons (Fsp3) is 0.444. The molecule has 0 aliphatic carbocycles. The molecule has 0 atom stereocenters. The summed E-state index contributed by atoms with van der Waals surface area (Å²) in [5.41, 5.74) is -0.334. The van der Waals surface area contributed by atoms with Gasteiger partial charge in [0.1, 0.15) is 17.5 Å². The highest BCUT2D eigenvalue weighted by molar-refractivity contribution is 5.60. The average Bonchev–Trinajstić information content (AvgIpc) is 2.54. The van der Waals surface area contributed by atoms with Crippen LogP contribution in [0, 0.1) is 12.8 Å². The van der Waals surface area contributed by atoms with Crippen LogP contribution < -0.4 is 10.2 Å². The van der Waals surface area contributed by atoms with Gasteiger partial charge in [-0.3, -0.25) is 0 Å². The fourth-order valence-corrected chi connectivity index (χ4v) is 2.94. The molecule has 1 aliphatic rings. The van der Waals surface area contributed by atoms with Crippen molar-refractivity contribution < 1.29 is 13.2 Å². The first-order valence-electron chi connectivity index (χ1n) is 8.36. The van der Waals surface area contributed by atoms with Crippen LogP contribution in [-0.2, 0) is 6.18 Å². The topological polar surface area (TPSA) is 41.1 Å². The van der Waals surface area contributed by atoms with Gasteiger partial charge in [0.2, 0.25) is 0 Å². The van der Waals surface area contributed by atoms with E-state index in [0.29, 0.717) is 23.2 Å². The van der Waals surface area contributed by atoms with Crippen LogP contribution in [0.5, 0.6) is 0 Å². The van der Waals surface area contributed by atoms with E-state index in [1.54, 1.807) is 19.1 Å². The number of nitrogens with zero attached hydrogens (tertiary/aromatic N) is 3. The maximum atomic E-state index is 12.8. The van der Waals surface area contributed by atoms with Crippen molar-refractivity contribution in [2.75, 3.05) is 23.3 Å². The third-order valence-corrected chi connectivity index (χ3v) is 4.39. The Bertz CT molecular complexity index is 737. The molecular formula is C18H21F3N4. The first-order valence-corrected chi connectivity index (χ1v) is 8.36. The summed E-state index contributed by atoms with van der Waals surface area (Å²) in [6.07, 6.45) is -2.15. The van der Waals surface area contributed by atoms with Gasteiger partial charge in [0.05, 0.1) is 5.56 Å². The first-order chi connectivity index (χ1) is 11.8. The zero-order valence-corrected chi connectivity index (χ0v) is 14.3. The number of rotatable bonds is 3. The number of halogens is 3. The molecule has 134 valence electrons. The Balaban J connectivity index is 1.81. The lowest BCUT2D eigenvalue weighted by molar-refractivity contribution is -0.137. The molecule has 0 amide bonds. The highest BCUT2D eigenvalue weighted by Gasteiger charge is 2.30. The van der Waals surface area contributed by atoms with Gasteiger partial charge in [0, 0.05) is 24.8 Å². The summed E-state index contributed by atoms with van der Waals surface area (Å²) >= 11 is 0. The van der Waals surface area contributed by atoms with E-state index in [2.05, 4.69) is 27.1 Å². The highest BCUT2D eigenvalue weighted by Crippen LogP contribution is 2.31. The van der Waals surface area contributed by atoms with Crippen molar-refractivity contribution in [2.45, 2.75) is 32.9 Å². The number of piperidine rings is 1. The Morgan fingerprint density at radius 3 is 2.52 bits per heavy atom. The Labute approximate surface area is 145 Å². The Kier molecular flexibility index (Phi) is 4.83. The second-order valence-corrected chi connectivity index (χ2v) is 6.53. The van der Waals surface area contributed by atoms with Crippen molar-refractivity contribution in [1.29, 1.82) is 0 Å². The molecule has 0 spiro atoms. The van der Waals surface area contributed by atoms with E-state index in [-0.39, 0.29) is 0 Å². The van der Waals surface area contributed by atoms with Crippen molar-refractivity contribution in [1.82, 2.24) is 9.97 Å². The average molecular weight is 350 g/mol. The number of anilines is 3. The molecule has 0 unspecified atom stereocenters. The number of aromatic nitrogens is 2. The molecule has 1 fully saturated rings. The number of hydrogen-bond acceptors (Lipinski definition) is 4. The number of aryl methyl sites for hydroxylation is 1. The zero-order chi connectivity index (χ0) is 18.0. The van der Waals surface area contributed by atoms with E-state index in [4.69, 9.17) is 0 Å². The van der Waals surface area contributed by atoms with Gasteiger partial charge in [0.15, 0.2) is 0 Å². The summed E-state index contributed by atoms with van der Waals surface area (Å²) in [4.78, 5) is 11.0. The third kappa shape index (κ3) is 4.41. The molecule has 1 saturated heterocycles. The molecule has 1 N–H and O–H groups in total. The minimum Gasteiger partial charge on any atom is -0.356 e. The van der Waals surface area contributed by atoms with Crippen molar-refractivity contribution in [2.24, 2.45) is 5.92 Å². The maximum Gasteiger partial charge on any atom is 0.416 e. The number of nitrogens with one attached hydrogen (secondary N) is 1.